The van der Waals surface area contributed by atoms with Crippen LogP contribution in [0.2, 0.25) is 0 Å². The second-order valence-electron chi connectivity index (χ2n) is 5.70. The first-order valence-electron chi connectivity index (χ1n) is 8.24. The molecule has 26 heavy (non-hydrogen) atoms. The van der Waals surface area contributed by atoms with E-state index in [0.717, 1.165) is 22.8 Å². The van der Waals surface area contributed by atoms with Gasteiger partial charge in [0.15, 0.2) is 22.6 Å². The molecule has 0 radical (unpaired) electrons. The van der Waals surface area contributed by atoms with Gasteiger partial charge in [-0.25, -0.2) is 0 Å². The summed E-state index contributed by atoms with van der Waals surface area (Å²) in [7, 11) is 0. The summed E-state index contributed by atoms with van der Waals surface area (Å²) in [6.07, 6.45) is 1.63. The Labute approximate surface area is 154 Å². The van der Waals surface area contributed by atoms with Gasteiger partial charge in [-0.2, -0.15) is 4.98 Å². The van der Waals surface area contributed by atoms with Crippen LogP contribution in [0, 0.1) is 6.92 Å². The number of nitrogens with zero attached hydrogens (tertiary/aromatic N) is 5. The molecule has 0 atom stereocenters. The second-order valence-corrected chi connectivity index (χ2v) is 6.64. The molecule has 1 aromatic carbocycles. The van der Waals surface area contributed by atoms with Crippen LogP contribution in [0.4, 0.5) is 0 Å². The Hall–Kier alpha value is -2.87. The normalized spacial score (nSPS) is 11.2. The van der Waals surface area contributed by atoms with Crippen molar-refractivity contribution in [1.82, 2.24) is 24.9 Å². The second kappa shape index (κ2) is 7.17. The molecule has 0 N–H and O–H groups in total. The third-order valence-electron chi connectivity index (χ3n) is 3.84. The van der Waals surface area contributed by atoms with E-state index in [2.05, 4.69) is 20.3 Å². The zero-order valence-corrected chi connectivity index (χ0v) is 15.2. The molecule has 7 nitrogen and oxygen atoms in total. The number of hydrogen-bond donors (Lipinski definition) is 0. The molecule has 0 saturated heterocycles. The van der Waals surface area contributed by atoms with Gasteiger partial charge < -0.3 is 8.94 Å². The third-order valence-corrected chi connectivity index (χ3v) is 4.80. The number of furan rings is 1. The van der Waals surface area contributed by atoms with Gasteiger partial charge in [0.2, 0.25) is 0 Å². The van der Waals surface area contributed by atoms with Gasteiger partial charge >= 0.3 is 0 Å². The highest BCUT2D eigenvalue weighted by molar-refractivity contribution is 7.98. The lowest BCUT2D eigenvalue weighted by atomic mass is 10.1. The van der Waals surface area contributed by atoms with Crippen LogP contribution in [-0.2, 0) is 12.3 Å². The maximum Gasteiger partial charge on any atom is 0.257 e. The van der Waals surface area contributed by atoms with Gasteiger partial charge in [0.25, 0.3) is 5.89 Å². The molecule has 0 saturated carbocycles. The minimum absolute atomic E-state index is 0.525. The maximum atomic E-state index is 5.43. The van der Waals surface area contributed by atoms with Crippen LogP contribution in [0.15, 0.2) is 56.8 Å². The first kappa shape index (κ1) is 16.6. The molecule has 8 heteroatoms. The Morgan fingerprint density at radius 3 is 2.85 bits per heavy atom. The number of thioether (sulfide) groups is 1. The minimum atomic E-state index is 0.525. The lowest BCUT2D eigenvalue weighted by Crippen LogP contribution is -1.99. The zero-order valence-electron chi connectivity index (χ0n) is 14.4. The minimum Gasteiger partial charge on any atom is -0.461 e. The lowest BCUT2D eigenvalue weighted by molar-refractivity contribution is 0.425. The molecule has 4 aromatic rings. The van der Waals surface area contributed by atoms with E-state index in [0.29, 0.717) is 29.1 Å². The summed E-state index contributed by atoms with van der Waals surface area (Å²) in [5.41, 5.74) is 2.07. The quantitative estimate of drug-likeness (QED) is 0.472. The molecule has 4 rings (SSSR count). The van der Waals surface area contributed by atoms with E-state index < -0.39 is 0 Å². The molecular weight excluding hydrogens is 350 g/mol. The average Bonchev–Trinajstić information content (AvgIpc) is 3.39. The number of aryl methyl sites for hydroxylation is 1. The van der Waals surface area contributed by atoms with Gasteiger partial charge in [-0.15, -0.1) is 10.2 Å². The van der Waals surface area contributed by atoms with Gasteiger partial charge in [-0.3, -0.25) is 4.57 Å². The molecular formula is C18H17N5O2S. The van der Waals surface area contributed by atoms with Crippen molar-refractivity contribution in [2.45, 2.75) is 31.3 Å². The average molecular weight is 367 g/mol. The summed E-state index contributed by atoms with van der Waals surface area (Å²) in [5, 5.41) is 13.4. The summed E-state index contributed by atoms with van der Waals surface area (Å²) < 4.78 is 12.8. The number of rotatable bonds is 6. The Balaban J connectivity index is 1.50. The molecule has 0 spiro atoms. The van der Waals surface area contributed by atoms with E-state index in [-0.39, 0.29) is 0 Å². The molecule has 3 heterocycles. The van der Waals surface area contributed by atoms with Crippen LogP contribution in [0.25, 0.3) is 23.0 Å². The summed E-state index contributed by atoms with van der Waals surface area (Å²) >= 11 is 1.52. The fourth-order valence-electron chi connectivity index (χ4n) is 2.61. The topological polar surface area (TPSA) is 82.8 Å². The Kier molecular flexibility index (Phi) is 4.57. The standard InChI is InChI=1S/C18H17N5O2S/c1-3-23-16(14-8-5-9-24-14)20-21-18(23)26-11-15-19-17(25-22-15)13-7-4-6-12(2)10-13/h4-10H,3,11H2,1-2H3. The van der Waals surface area contributed by atoms with Crippen molar-refractivity contribution in [1.29, 1.82) is 0 Å². The van der Waals surface area contributed by atoms with Crippen molar-refractivity contribution in [2.24, 2.45) is 0 Å². The van der Waals surface area contributed by atoms with Gasteiger partial charge in [0, 0.05) is 12.1 Å². The predicted octanol–water partition coefficient (Wildman–Crippen LogP) is 4.21. The van der Waals surface area contributed by atoms with Crippen LogP contribution in [0.5, 0.6) is 0 Å². The molecule has 0 unspecified atom stereocenters. The highest BCUT2D eigenvalue weighted by atomic mass is 32.2. The van der Waals surface area contributed by atoms with E-state index in [1.54, 1.807) is 6.26 Å². The molecule has 0 fully saturated rings. The zero-order chi connectivity index (χ0) is 17.9. The van der Waals surface area contributed by atoms with Crippen molar-refractivity contribution in [3.8, 4) is 23.0 Å². The fraction of sp³-hybridized carbons (Fsp3) is 0.222. The monoisotopic (exact) mass is 367 g/mol. The van der Waals surface area contributed by atoms with E-state index in [1.165, 1.54) is 11.8 Å². The first-order chi connectivity index (χ1) is 12.7. The first-order valence-corrected chi connectivity index (χ1v) is 9.22. The summed E-state index contributed by atoms with van der Waals surface area (Å²) in [5.74, 6) is 3.11. The van der Waals surface area contributed by atoms with E-state index >= 15 is 0 Å². The smallest absolute Gasteiger partial charge is 0.257 e. The molecule has 3 aromatic heterocycles. The third kappa shape index (κ3) is 3.28. The maximum absolute atomic E-state index is 5.43. The molecule has 0 bridgehead atoms. The molecule has 0 aliphatic heterocycles. The van der Waals surface area contributed by atoms with Crippen molar-refractivity contribution < 1.29 is 8.94 Å². The predicted molar refractivity (Wildman–Crippen MR) is 97.4 cm³/mol. The van der Waals surface area contributed by atoms with Crippen LogP contribution in [0.1, 0.15) is 18.3 Å². The fourth-order valence-corrected chi connectivity index (χ4v) is 3.45. The molecule has 132 valence electrons. The van der Waals surface area contributed by atoms with Gasteiger partial charge in [-0.1, -0.05) is 34.6 Å². The van der Waals surface area contributed by atoms with E-state index in [1.807, 2.05) is 54.8 Å². The molecule has 0 amide bonds. The Morgan fingerprint density at radius 1 is 1.15 bits per heavy atom. The van der Waals surface area contributed by atoms with E-state index in [9.17, 15) is 0 Å². The highest BCUT2D eigenvalue weighted by Gasteiger charge is 2.16. The number of benzene rings is 1. The molecule has 0 aliphatic carbocycles. The van der Waals surface area contributed by atoms with Crippen molar-refractivity contribution in [3.63, 3.8) is 0 Å². The lowest BCUT2D eigenvalue weighted by Gasteiger charge is -2.04. The summed E-state index contributed by atoms with van der Waals surface area (Å²) in [4.78, 5) is 4.47. The largest absolute Gasteiger partial charge is 0.461 e. The van der Waals surface area contributed by atoms with Crippen LogP contribution in [-0.4, -0.2) is 24.9 Å². The number of aromatic nitrogens is 5. The van der Waals surface area contributed by atoms with Crippen LogP contribution < -0.4 is 0 Å². The van der Waals surface area contributed by atoms with Gasteiger partial charge in [0.05, 0.1) is 12.0 Å². The van der Waals surface area contributed by atoms with Crippen molar-refractivity contribution in [3.05, 3.63) is 54.0 Å². The van der Waals surface area contributed by atoms with Crippen LogP contribution >= 0.6 is 11.8 Å². The van der Waals surface area contributed by atoms with Gasteiger partial charge in [0.1, 0.15) is 0 Å². The Morgan fingerprint density at radius 2 is 2.08 bits per heavy atom. The Bertz CT molecular complexity index is 1010. The molecule has 0 aliphatic rings. The highest BCUT2D eigenvalue weighted by Crippen LogP contribution is 2.27. The van der Waals surface area contributed by atoms with Crippen molar-refractivity contribution in [2.75, 3.05) is 0 Å². The van der Waals surface area contributed by atoms with Crippen LogP contribution in [0.3, 0.4) is 0 Å². The van der Waals surface area contributed by atoms with Gasteiger partial charge in [-0.05, 0) is 38.1 Å². The summed E-state index contributed by atoms with van der Waals surface area (Å²) in [6, 6.07) is 11.7. The van der Waals surface area contributed by atoms with E-state index in [4.69, 9.17) is 8.94 Å². The van der Waals surface area contributed by atoms with Crippen molar-refractivity contribution >= 4 is 11.8 Å². The summed E-state index contributed by atoms with van der Waals surface area (Å²) in [6.45, 7) is 4.82. The SMILES string of the molecule is CCn1c(SCc2noc(-c3cccc(C)c3)n2)nnc1-c1ccco1. The number of hydrogen-bond acceptors (Lipinski definition) is 7.